The largest absolute Gasteiger partial charge is 0.310 e. The third-order valence-electron chi connectivity index (χ3n) is 2.67. The van der Waals surface area contributed by atoms with Crippen LogP contribution in [-0.4, -0.2) is 16.7 Å². The lowest BCUT2D eigenvalue weighted by Gasteiger charge is -2.03. The van der Waals surface area contributed by atoms with Gasteiger partial charge in [-0.15, -0.1) is 21.5 Å². The summed E-state index contributed by atoms with van der Waals surface area (Å²) in [7, 11) is 0. The zero-order valence-corrected chi connectivity index (χ0v) is 12.9. The standard InChI is InChI=1S/C13H19N3S2/c1-8(2)6-14-7-12-15-16-13(18-12)11-5-9(3)10(4)17-11/h5,8,14H,6-7H2,1-4H3. The average Bonchev–Trinajstić information content (AvgIpc) is 2.87. The first-order valence-corrected chi connectivity index (χ1v) is 7.80. The lowest BCUT2D eigenvalue weighted by molar-refractivity contribution is 0.550. The topological polar surface area (TPSA) is 37.8 Å². The molecule has 0 aliphatic heterocycles. The fourth-order valence-electron chi connectivity index (χ4n) is 1.57. The SMILES string of the molecule is Cc1cc(-c2nnc(CNCC(C)C)s2)sc1C. The summed E-state index contributed by atoms with van der Waals surface area (Å²) in [5.74, 6) is 0.667. The van der Waals surface area contributed by atoms with Gasteiger partial charge < -0.3 is 5.32 Å². The van der Waals surface area contributed by atoms with E-state index in [0.29, 0.717) is 5.92 Å². The molecule has 0 spiro atoms. The number of aryl methyl sites for hydroxylation is 2. The molecule has 0 aromatic carbocycles. The van der Waals surface area contributed by atoms with Gasteiger partial charge in [0.15, 0.2) is 5.01 Å². The summed E-state index contributed by atoms with van der Waals surface area (Å²) >= 11 is 3.48. The number of thiophene rings is 1. The highest BCUT2D eigenvalue weighted by atomic mass is 32.1. The van der Waals surface area contributed by atoms with E-state index in [2.05, 4.69) is 49.3 Å². The first-order valence-electron chi connectivity index (χ1n) is 6.16. The van der Waals surface area contributed by atoms with Gasteiger partial charge in [-0.3, -0.25) is 0 Å². The van der Waals surface area contributed by atoms with Crippen LogP contribution in [0.5, 0.6) is 0 Å². The molecule has 5 heteroatoms. The van der Waals surface area contributed by atoms with E-state index in [1.54, 1.807) is 22.7 Å². The van der Waals surface area contributed by atoms with Crippen molar-refractivity contribution in [2.24, 2.45) is 5.92 Å². The number of rotatable bonds is 5. The maximum atomic E-state index is 4.28. The van der Waals surface area contributed by atoms with Crippen LogP contribution in [0.15, 0.2) is 6.07 Å². The molecule has 0 atom stereocenters. The second kappa shape index (κ2) is 5.91. The van der Waals surface area contributed by atoms with E-state index >= 15 is 0 Å². The molecule has 0 saturated carbocycles. The Morgan fingerprint density at radius 1 is 1.22 bits per heavy atom. The van der Waals surface area contributed by atoms with Crippen molar-refractivity contribution in [3.63, 3.8) is 0 Å². The van der Waals surface area contributed by atoms with E-state index in [4.69, 9.17) is 0 Å². The zero-order valence-electron chi connectivity index (χ0n) is 11.3. The Labute approximate surface area is 116 Å². The molecule has 98 valence electrons. The van der Waals surface area contributed by atoms with Gasteiger partial charge in [0, 0.05) is 11.4 Å². The third-order valence-corrected chi connectivity index (χ3v) is 4.92. The molecule has 0 radical (unpaired) electrons. The maximum absolute atomic E-state index is 4.28. The van der Waals surface area contributed by atoms with Crippen LogP contribution in [0.25, 0.3) is 9.88 Å². The van der Waals surface area contributed by atoms with Gasteiger partial charge in [0.1, 0.15) is 5.01 Å². The Balaban J connectivity index is 2.01. The Kier molecular flexibility index (Phi) is 4.48. The lowest BCUT2D eigenvalue weighted by Crippen LogP contribution is -2.18. The predicted octanol–water partition coefficient (Wildman–Crippen LogP) is 3.63. The second-order valence-corrected chi connectivity index (χ2v) is 7.19. The fraction of sp³-hybridized carbons (Fsp3) is 0.538. The predicted molar refractivity (Wildman–Crippen MR) is 79.2 cm³/mol. The van der Waals surface area contributed by atoms with E-state index in [1.165, 1.54) is 15.3 Å². The van der Waals surface area contributed by atoms with Crippen LogP contribution in [0.3, 0.4) is 0 Å². The van der Waals surface area contributed by atoms with Crippen LogP contribution in [0.4, 0.5) is 0 Å². The third kappa shape index (κ3) is 3.37. The van der Waals surface area contributed by atoms with E-state index in [1.807, 2.05) is 0 Å². The highest BCUT2D eigenvalue weighted by Gasteiger charge is 2.10. The van der Waals surface area contributed by atoms with E-state index in [9.17, 15) is 0 Å². The second-order valence-electron chi connectivity index (χ2n) is 4.88. The van der Waals surface area contributed by atoms with Crippen LogP contribution in [0, 0.1) is 19.8 Å². The minimum atomic E-state index is 0.667. The number of nitrogens with zero attached hydrogens (tertiary/aromatic N) is 2. The number of nitrogens with one attached hydrogen (secondary N) is 1. The molecule has 3 nitrogen and oxygen atoms in total. The molecule has 0 bridgehead atoms. The minimum absolute atomic E-state index is 0.667. The first kappa shape index (κ1) is 13.6. The van der Waals surface area contributed by atoms with Crippen LogP contribution in [0.1, 0.15) is 29.3 Å². The molecule has 2 heterocycles. The van der Waals surface area contributed by atoms with Crippen molar-refractivity contribution in [1.82, 2.24) is 15.5 Å². The summed E-state index contributed by atoms with van der Waals surface area (Å²) < 4.78 is 0. The number of hydrogen-bond acceptors (Lipinski definition) is 5. The molecule has 0 aliphatic rings. The molecule has 0 fully saturated rings. The van der Waals surface area contributed by atoms with Gasteiger partial charge in [0.05, 0.1) is 4.88 Å². The molecule has 18 heavy (non-hydrogen) atoms. The molecule has 1 N–H and O–H groups in total. The minimum Gasteiger partial charge on any atom is -0.310 e. The molecule has 2 aromatic heterocycles. The highest BCUT2D eigenvalue weighted by Crippen LogP contribution is 2.32. The van der Waals surface area contributed by atoms with Crippen molar-refractivity contribution in [2.45, 2.75) is 34.2 Å². The summed E-state index contributed by atoms with van der Waals surface area (Å²) in [6.45, 7) is 10.5. The maximum Gasteiger partial charge on any atom is 0.157 e. The van der Waals surface area contributed by atoms with Crippen molar-refractivity contribution in [3.8, 4) is 9.88 Å². The van der Waals surface area contributed by atoms with Gasteiger partial charge in [-0.05, 0) is 37.9 Å². The Bertz CT molecular complexity index is 495. The van der Waals surface area contributed by atoms with Crippen molar-refractivity contribution in [3.05, 3.63) is 21.5 Å². The highest BCUT2D eigenvalue weighted by molar-refractivity contribution is 7.21. The number of hydrogen-bond donors (Lipinski definition) is 1. The van der Waals surface area contributed by atoms with Crippen LogP contribution >= 0.6 is 22.7 Å². The molecule has 0 aliphatic carbocycles. The van der Waals surface area contributed by atoms with Gasteiger partial charge in [0.2, 0.25) is 0 Å². The summed E-state index contributed by atoms with van der Waals surface area (Å²) in [6, 6.07) is 2.20. The van der Waals surface area contributed by atoms with Gasteiger partial charge in [-0.2, -0.15) is 0 Å². The first-order chi connectivity index (χ1) is 8.56. The van der Waals surface area contributed by atoms with Crippen LogP contribution in [-0.2, 0) is 6.54 Å². The molecule has 2 rings (SSSR count). The Morgan fingerprint density at radius 2 is 2.00 bits per heavy atom. The smallest absolute Gasteiger partial charge is 0.157 e. The molecule has 0 unspecified atom stereocenters. The summed E-state index contributed by atoms with van der Waals surface area (Å²) in [6.07, 6.45) is 0. The van der Waals surface area contributed by atoms with Gasteiger partial charge in [-0.25, -0.2) is 0 Å². The zero-order chi connectivity index (χ0) is 13.1. The van der Waals surface area contributed by atoms with Gasteiger partial charge >= 0.3 is 0 Å². The quantitative estimate of drug-likeness (QED) is 0.909. The van der Waals surface area contributed by atoms with Crippen molar-refractivity contribution < 1.29 is 0 Å². The van der Waals surface area contributed by atoms with E-state index in [0.717, 1.165) is 23.1 Å². The normalized spacial score (nSPS) is 11.4. The Hall–Kier alpha value is -0.780. The summed E-state index contributed by atoms with van der Waals surface area (Å²) in [5.41, 5.74) is 1.34. The molecular formula is C13H19N3S2. The molecule has 0 saturated heterocycles. The van der Waals surface area contributed by atoms with Crippen molar-refractivity contribution in [2.75, 3.05) is 6.54 Å². The molecular weight excluding hydrogens is 262 g/mol. The monoisotopic (exact) mass is 281 g/mol. The Morgan fingerprint density at radius 3 is 2.61 bits per heavy atom. The van der Waals surface area contributed by atoms with Crippen LogP contribution < -0.4 is 5.32 Å². The van der Waals surface area contributed by atoms with Crippen LogP contribution in [0.2, 0.25) is 0 Å². The lowest BCUT2D eigenvalue weighted by atomic mass is 10.2. The van der Waals surface area contributed by atoms with Gasteiger partial charge in [-0.1, -0.05) is 25.2 Å². The molecule has 2 aromatic rings. The summed E-state index contributed by atoms with van der Waals surface area (Å²) in [5, 5.41) is 14.0. The van der Waals surface area contributed by atoms with E-state index in [-0.39, 0.29) is 0 Å². The van der Waals surface area contributed by atoms with Crippen molar-refractivity contribution >= 4 is 22.7 Å². The number of aromatic nitrogens is 2. The van der Waals surface area contributed by atoms with Gasteiger partial charge in [0.25, 0.3) is 0 Å². The molecule has 0 amide bonds. The average molecular weight is 281 g/mol. The van der Waals surface area contributed by atoms with Crippen molar-refractivity contribution in [1.29, 1.82) is 0 Å². The fourth-order valence-corrected chi connectivity index (χ4v) is 3.45. The summed E-state index contributed by atoms with van der Waals surface area (Å²) in [4.78, 5) is 2.59. The van der Waals surface area contributed by atoms with E-state index < -0.39 is 0 Å².